The number of rotatable bonds is 3. The van der Waals surface area contributed by atoms with E-state index in [1.54, 1.807) is 16.7 Å². The molecule has 0 heteroatoms. The van der Waals surface area contributed by atoms with Crippen molar-refractivity contribution in [2.75, 3.05) is 0 Å². The van der Waals surface area contributed by atoms with Gasteiger partial charge in [-0.2, -0.15) is 0 Å². The van der Waals surface area contributed by atoms with Crippen LogP contribution in [0.2, 0.25) is 0 Å². The molecule has 0 fully saturated rings. The standard InChI is InChI=1S/C20H22/c1-3-7-19-15(5-1)9-11-17(19)13-14-18-12-10-16-6-2-4-8-20(16)18/h1-8,11,15-16,19H,9-10,12-14H2. The quantitative estimate of drug-likeness (QED) is 0.606. The molecule has 20 heavy (non-hydrogen) atoms. The zero-order chi connectivity index (χ0) is 13.4. The van der Waals surface area contributed by atoms with Crippen molar-refractivity contribution in [1.29, 1.82) is 0 Å². The van der Waals surface area contributed by atoms with E-state index >= 15 is 0 Å². The molecule has 0 amide bonds. The van der Waals surface area contributed by atoms with Crippen molar-refractivity contribution in [3.8, 4) is 0 Å². The summed E-state index contributed by atoms with van der Waals surface area (Å²) < 4.78 is 0. The molecule has 3 atom stereocenters. The van der Waals surface area contributed by atoms with E-state index in [1.807, 2.05) is 0 Å². The second-order valence-corrected chi connectivity index (χ2v) is 6.42. The van der Waals surface area contributed by atoms with E-state index in [4.69, 9.17) is 0 Å². The van der Waals surface area contributed by atoms with Gasteiger partial charge in [0.15, 0.2) is 0 Å². The Morgan fingerprint density at radius 2 is 1.85 bits per heavy atom. The van der Waals surface area contributed by atoms with Crippen LogP contribution in [0.5, 0.6) is 0 Å². The van der Waals surface area contributed by atoms with E-state index in [1.165, 1.54) is 32.1 Å². The first kappa shape index (κ1) is 12.2. The molecule has 0 radical (unpaired) electrons. The molecule has 4 aliphatic rings. The zero-order valence-electron chi connectivity index (χ0n) is 12.0. The first-order valence-electron chi connectivity index (χ1n) is 8.02. The Morgan fingerprint density at radius 3 is 2.85 bits per heavy atom. The van der Waals surface area contributed by atoms with Crippen LogP contribution in [0.25, 0.3) is 0 Å². The second kappa shape index (κ2) is 5.09. The van der Waals surface area contributed by atoms with Gasteiger partial charge in [-0.1, -0.05) is 65.8 Å². The van der Waals surface area contributed by atoms with E-state index in [0.717, 1.165) is 11.8 Å². The van der Waals surface area contributed by atoms with Gasteiger partial charge in [-0.3, -0.25) is 0 Å². The topological polar surface area (TPSA) is 0 Å². The van der Waals surface area contributed by atoms with Crippen LogP contribution in [0.3, 0.4) is 0 Å². The van der Waals surface area contributed by atoms with Gasteiger partial charge in [0.2, 0.25) is 0 Å². The average Bonchev–Trinajstić information content (AvgIpc) is 3.09. The maximum absolute atomic E-state index is 2.50. The predicted molar refractivity (Wildman–Crippen MR) is 85.2 cm³/mol. The van der Waals surface area contributed by atoms with Crippen LogP contribution in [-0.2, 0) is 0 Å². The third kappa shape index (κ3) is 2.08. The number of allylic oxidation sites excluding steroid dienone is 12. The van der Waals surface area contributed by atoms with Gasteiger partial charge >= 0.3 is 0 Å². The molecule has 0 saturated heterocycles. The van der Waals surface area contributed by atoms with Crippen molar-refractivity contribution in [3.05, 3.63) is 71.4 Å². The van der Waals surface area contributed by atoms with Gasteiger partial charge < -0.3 is 0 Å². The van der Waals surface area contributed by atoms with Gasteiger partial charge in [-0.25, -0.2) is 0 Å². The van der Waals surface area contributed by atoms with Crippen molar-refractivity contribution in [3.63, 3.8) is 0 Å². The molecule has 0 aromatic heterocycles. The molecule has 0 aliphatic heterocycles. The number of fused-ring (bicyclic) bond motifs is 2. The van der Waals surface area contributed by atoms with Crippen molar-refractivity contribution >= 4 is 0 Å². The molecular formula is C20H22. The molecule has 0 aromatic carbocycles. The maximum Gasteiger partial charge on any atom is 0.00459 e. The molecule has 3 unspecified atom stereocenters. The van der Waals surface area contributed by atoms with E-state index in [9.17, 15) is 0 Å². The van der Waals surface area contributed by atoms with Gasteiger partial charge in [-0.05, 0) is 43.6 Å². The minimum Gasteiger partial charge on any atom is -0.0841 e. The van der Waals surface area contributed by atoms with E-state index < -0.39 is 0 Å². The summed E-state index contributed by atoms with van der Waals surface area (Å²) in [5.41, 5.74) is 5.03. The summed E-state index contributed by atoms with van der Waals surface area (Å²) in [6, 6.07) is 0. The highest BCUT2D eigenvalue weighted by Gasteiger charge is 2.28. The molecule has 102 valence electrons. The van der Waals surface area contributed by atoms with Gasteiger partial charge in [0.05, 0.1) is 0 Å². The highest BCUT2D eigenvalue weighted by Crippen LogP contribution is 2.42. The lowest BCUT2D eigenvalue weighted by Crippen LogP contribution is -2.08. The molecule has 0 nitrogen and oxygen atoms in total. The Bertz CT molecular complexity index is 577. The van der Waals surface area contributed by atoms with Crippen molar-refractivity contribution in [2.45, 2.75) is 32.1 Å². The Morgan fingerprint density at radius 1 is 0.950 bits per heavy atom. The number of hydrogen-bond donors (Lipinski definition) is 0. The fourth-order valence-corrected chi connectivity index (χ4v) is 4.22. The smallest absolute Gasteiger partial charge is 0.00459 e. The molecule has 0 bridgehead atoms. The lowest BCUT2D eigenvalue weighted by atomic mass is 9.85. The molecule has 0 aromatic rings. The van der Waals surface area contributed by atoms with Gasteiger partial charge in [-0.15, -0.1) is 0 Å². The Labute approximate surface area is 122 Å². The van der Waals surface area contributed by atoms with Crippen LogP contribution >= 0.6 is 0 Å². The van der Waals surface area contributed by atoms with E-state index in [-0.39, 0.29) is 0 Å². The third-order valence-corrected chi connectivity index (χ3v) is 5.34. The molecule has 4 rings (SSSR count). The van der Waals surface area contributed by atoms with Crippen LogP contribution in [0, 0.1) is 17.8 Å². The molecule has 0 spiro atoms. The van der Waals surface area contributed by atoms with Gasteiger partial charge in [0, 0.05) is 11.8 Å². The predicted octanol–water partition coefficient (Wildman–Crippen LogP) is 5.29. The monoisotopic (exact) mass is 262 g/mol. The summed E-state index contributed by atoms with van der Waals surface area (Å²) in [5, 5.41) is 0. The Balaban J connectivity index is 1.44. The molecule has 0 heterocycles. The maximum atomic E-state index is 2.50. The van der Waals surface area contributed by atoms with Crippen LogP contribution < -0.4 is 0 Å². The van der Waals surface area contributed by atoms with Crippen LogP contribution in [-0.4, -0.2) is 0 Å². The van der Waals surface area contributed by atoms with Crippen molar-refractivity contribution in [1.82, 2.24) is 0 Å². The fourth-order valence-electron chi connectivity index (χ4n) is 4.22. The van der Waals surface area contributed by atoms with Gasteiger partial charge in [0.1, 0.15) is 0 Å². The van der Waals surface area contributed by atoms with E-state index in [0.29, 0.717) is 5.92 Å². The second-order valence-electron chi connectivity index (χ2n) is 6.42. The molecule has 4 aliphatic carbocycles. The lowest BCUT2D eigenvalue weighted by molar-refractivity contribution is 0.563. The average molecular weight is 262 g/mol. The summed E-state index contributed by atoms with van der Waals surface area (Å²) in [5.74, 6) is 2.17. The van der Waals surface area contributed by atoms with Crippen LogP contribution in [0.1, 0.15) is 32.1 Å². The highest BCUT2D eigenvalue weighted by molar-refractivity contribution is 5.41. The minimum absolute atomic E-state index is 0.699. The lowest BCUT2D eigenvalue weighted by Gasteiger charge is -2.19. The molecule has 0 N–H and O–H groups in total. The highest BCUT2D eigenvalue weighted by atomic mass is 14.3. The van der Waals surface area contributed by atoms with Crippen LogP contribution in [0.15, 0.2) is 71.4 Å². The first-order chi connectivity index (χ1) is 9.92. The summed E-state index contributed by atoms with van der Waals surface area (Å²) in [6.07, 6.45) is 27.3. The van der Waals surface area contributed by atoms with Crippen LogP contribution in [0.4, 0.5) is 0 Å². The SMILES string of the molecule is C1=CC2=C(CCC3=CCC4C=CC=CC34)CCC2C=C1. The largest absolute Gasteiger partial charge is 0.0841 e. The molecule has 0 saturated carbocycles. The zero-order valence-corrected chi connectivity index (χ0v) is 12.0. The van der Waals surface area contributed by atoms with Gasteiger partial charge in [0.25, 0.3) is 0 Å². The first-order valence-corrected chi connectivity index (χ1v) is 8.02. The fraction of sp³-hybridized carbons (Fsp3) is 0.400. The third-order valence-electron chi connectivity index (χ3n) is 5.34. The van der Waals surface area contributed by atoms with Crippen molar-refractivity contribution < 1.29 is 0 Å². The summed E-state index contributed by atoms with van der Waals surface area (Å²) >= 11 is 0. The Hall–Kier alpha value is -1.56. The summed E-state index contributed by atoms with van der Waals surface area (Å²) in [7, 11) is 0. The summed E-state index contributed by atoms with van der Waals surface area (Å²) in [4.78, 5) is 0. The summed E-state index contributed by atoms with van der Waals surface area (Å²) in [6.45, 7) is 0. The van der Waals surface area contributed by atoms with E-state index in [2.05, 4.69) is 54.7 Å². The Kier molecular flexibility index (Phi) is 3.10. The minimum atomic E-state index is 0.699. The van der Waals surface area contributed by atoms with Crippen molar-refractivity contribution in [2.24, 2.45) is 17.8 Å². The normalized spacial score (nSPS) is 33.6. The number of hydrogen-bond acceptors (Lipinski definition) is 0. The molecular weight excluding hydrogens is 240 g/mol.